The summed E-state index contributed by atoms with van der Waals surface area (Å²) in [7, 11) is 0. The summed E-state index contributed by atoms with van der Waals surface area (Å²) in [5.41, 5.74) is 15.4. The van der Waals surface area contributed by atoms with Crippen LogP contribution in [0.1, 0.15) is 0 Å². The van der Waals surface area contributed by atoms with E-state index in [1.165, 1.54) is 21.8 Å². The Hall–Kier alpha value is -9.39. The molecule has 0 unspecified atom stereocenters. The van der Waals surface area contributed by atoms with Gasteiger partial charge in [0.05, 0.1) is 22.1 Å². The highest BCUT2D eigenvalue weighted by Crippen LogP contribution is 2.44. The van der Waals surface area contributed by atoms with Gasteiger partial charge in [0.2, 0.25) is 0 Å². The van der Waals surface area contributed by atoms with Crippen LogP contribution in [0.4, 0.5) is 0 Å². The molecule has 0 bridgehead atoms. The molecular weight excluding hydrogens is 843 g/mol. The monoisotopic (exact) mass is 881 g/mol. The van der Waals surface area contributed by atoms with Gasteiger partial charge in [0.15, 0.2) is 23.1 Å². The summed E-state index contributed by atoms with van der Waals surface area (Å²) >= 11 is 0. The molecule has 14 rings (SSSR count). The van der Waals surface area contributed by atoms with E-state index < -0.39 is 0 Å². The molecule has 10 aromatic carbocycles. The first-order chi connectivity index (χ1) is 34.2. The smallest absolute Gasteiger partial charge is 0.164 e. The second-order valence-electron chi connectivity index (χ2n) is 17.6. The van der Waals surface area contributed by atoms with Crippen LogP contribution in [-0.2, 0) is 0 Å². The summed E-state index contributed by atoms with van der Waals surface area (Å²) < 4.78 is 11.7. The van der Waals surface area contributed by atoms with Crippen LogP contribution in [-0.4, -0.2) is 24.1 Å². The molecule has 0 atom stereocenters. The Labute approximate surface area is 396 Å². The number of aromatic nitrogens is 5. The quantitative estimate of drug-likeness (QED) is 0.160. The maximum absolute atomic E-state index is 7.02. The zero-order valence-corrected chi connectivity index (χ0v) is 37.2. The SMILES string of the molecule is c1ccc(-c2ccc(-c3nc(-c4ccc(-c5ccccc5)cc4)nc(-c4cccc5c4c4ccc6c7cc(-n8c9ccccc9c9ccccc98)ccc7oc6c4n5-c4ccccc4)n3)cc2)cc1. The lowest BCUT2D eigenvalue weighted by molar-refractivity contribution is 0.671. The van der Waals surface area contributed by atoms with Gasteiger partial charge in [-0.2, -0.15) is 0 Å². The van der Waals surface area contributed by atoms with Crippen LogP contribution in [0.3, 0.4) is 0 Å². The van der Waals surface area contributed by atoms with Crippen molar-refractivity contribution in [2.45, 2.75) is 0 Å². The van der Waals surface area contributed by atoms with Crippen molar-refractivity contribution in [2.24, 2.45) is 0 Å². The third-order valence-electron chi connectivity index (χ3n) is 13.6. The number of benzene rings is 10. The molecule has 0 aliphatic carbocycles. The summed E-state index contributed by atoms with van der Waals surface area (Å²) in [5.74, 6) is 1.79. The molecule has 6 nitrogen and oxygen atoms in total. The summed E-state index contributed by atoms with van der Waals surface area (Å²) in [6, 6.07) is 83.1. The van der Waals surface area contributed by atoms with Crippen LogP contribution in [0.5, 0.6) is 0 Å². The fourth-order valence-electron chi connectivity index (χ4n) is 10.4. The average Bonchev–Trinajstić information content (AvgIpc) is 4.09. The van der Waals surface area contributed by atoms with E-state index >= 15 is 0 Å². The third kappa shape index (κ3) is 6.30. The molecule has 0 aliphatic heterocycles. The molecule has 0 saturated carbocycles. The zero-order chi connectivity index (χ0) is 45.4. The largest absolute Gasteiger partial charge is 0.454 e. The average molecular weight is 882 g/mol. The standard InChI is InChI=1S/C63H39N5O/c1-4-15-40(16-5-1)42-27-31-44(32-28-42)61-64-62(45-33-29-43(30-34-45)41-17-6-2-7-18-41)66-63(65-61)52-23-14-26-56-58(52)51-37-36-50-53-39-47(67-54-24-12-10-21-48(54)49-22-11-13-25-55(49)67)35-38-57(53)69-60(50)59(51)68(56)46-19-8-3-9-20-46/h1-39H. The highest BCUT2D eigenvalue weighted by molar-refractivity contribution is 6.24. The fourth-order valence-corrected chi connectivity index (χ4v) is 10.4. The molecule has 0 aliphatic rings. The molecule has 0 saturated heterocycles. The number of fused-ring (bicyclic) bond motifs is 10. The first-order valence-corrected chi connectivity index (χ1v) is 23.3. The van der Waals surface area contributed by atoms with E-state index in [2.05, 4.69) is 234 Å². The first kappa shape index (κ1) is 38.8. The van der Waals surface area contributed by atoms with E-state index in [4.69, 9.17) is 19.4 Å². The van der Waals surface area contributed by atoms with Crippen LogP contribution in [0, 0.1) is 0 Å². The van der Waals surface area contributed by atoms with Gasteiger partial charge in [-0.25, -0.2) is 15.0 Å². The summed E-state index contributed by atoms with van der Waals surface area (Å²) in [5, 5.41) is 6.64. The lowest BCUT2D eigenvalue weighted by Crippen LogP contribution is -2.00. The molecule has 4 heterocycles. The van der Waals surface area contributed by atoms with E-state index in [-0.39, 0.29) is 0 Å². The van der Waals surface area contributed by atoms with Gasteiger partial charge in [-0.15, -0.1) is 0 Å². The molecule has 0 radical (unpaired) electrons. The minimum atomic E-state index is 0.590. The van der Waals surface area contributed by atoms with Crippen LogP contribution >= 0.6 is 0 Å². The van der Waals surface area contributed by atoms with E-state index in [9.17, 15) is 0 Å². The Bertz CT molecular complexity index is 4110. The van der Waals surface area contributed by atoms with E-state index in [1.54, 1.807) is 0 Å². The minimum absolute atomic E-state index is 0.590. The predicted octanol–water partition coefficient (Wildman–Crippen LogP) is 16.3. The van der Waals surface area contributed by atoms with Crippen molar-refractivity contribution in [1.29, 1.82) is 0 Å². The van der Waals surface area contributed by atoms with Crippen molar-refractivity contribution >= 4 is 65.6 Å². The van der Waals surface area contributed by atoms with Crippen molar-refractivity contribution in [1.82, 2.24) is 24.1 Å². The van der Waals surface area contributed by atoms with Gasteiger partial charge in [-0.05, 0) is 76.9 Å². The van der Waals surface area contributed by atoms with E-state index in [0.717, 1.165) is 94.1 Å². The molecule has 69 heavy (non-hydrogen) atoms. The van der Waals surface area contributed by atoms with Gasteiger partial charge in [0.1, 0.15) is 5.58 Å². The molecule has 0 spiro atoms. The minimum Gasteiger partial charge on any atom is -0.454 e. The lowest BCUT2D eigenvalue weighted by atomic mass is 10.0. The topological polar surface area (TPSA) is 61.7 Å². The van der Waals surface area contributed by atoms with Gasteiger partial charge in [0, 0.05) is 60.4 Å². The molecule has 0 fully saturated rings. The normalized spacial score (nSPS) is 11.8. The Balaban J connectivity index is 0.986. The highest BCUT2D eigenvalue weighted by atomic mass is 16.3. The highest BCUT2D eigenvalue weighted by Gasteiger charge is 2.24. The van der Waals surface area contributed by atoms with Crippen molar-refractivity contribution in [3.63, 3.8) is 0 Å². The van der Waals surface area contributed by atoms with Gasteiger partial charge in [-0.1, -0.05) is 182 Å². The van der Waals surface area contributed by atoms with Crippen molar-refractivity contribution in [3.8, 4) is 67.8 Å². The number of rotatable bonds is 7. The van der Waals surface area contributed by atoms with Crippen LogP contribution in [0.2, 0.25) is 0 Å². The Morgan fingerprint density at radius 1 is 0.304 bits per heavy atom. The Morgan fingerprint density at radius 3 is 1.41 bits per heavy atom. The van der Waals surface area contributed by atoms with Crippen LogP contribution in [0.25, 0.3) is 133 Å². The number of hydrogen-bond acceptors (Lipinski definition) is 4. The molecular formula is C63H39N5O. The van der Waals surface area contributed by atoms with E-state index in [0.29, 0.717) is 17.5 Å². The number of nitrogens with zero attached hydrogens (tertiary/aromatic N) is 5. The molecule has 6 heteroatoms. The molecule has 14 aromatic rings. The maximum Gasteiger partial charge on any atom is 0.164 e. The third-order valence-corrected chi connectivity index (χ3v) is 13.6. The molecule has 4 aromatic heterocycles. The molecule has 0 amide bonds. The Kier molecular flexibility index (Phi) is 8.79. The predicted molar refractivity (Wildman–Crippen MR) is 283 cm³/mol. The molecule has 0 N–H and O–H groups in total. The number of para-hydroxylation sites is 3. The van der Waals surface area contributed by atoms with Gasteiger partial charge >= 0.3 is 0 Å². The van der Waals surface area contributed by atoms with Gasteiger partial charge in [-0.3, -0.25) is 0 Å². The Morgan fingerprint density at radius 2 is 0.797 bits per heavy atom. The second kappa shape index (κ2) is 15.6. The first-order valence-electron chi connectivity index (χ1n) is 23.3. The number of furan rings is 1. The summed E-state index contributed by atoms with van der Waals surface area (Å²) in [4.78, 5) is 15.8. The van der Waals surface area contributed by atoms with Gasteiger partial charge in [0.25, 0.3) is 0 Å². The number of hydrogen-bond donors (Lipinski definition) is 0. The fraction of sp³-hybridized carbons (Fsp3) is 0. The summed E-state index contributed by atoms with van der Waals surface area (Å²) in [6.45, 7) is 0. The van der Waals surface area contributed by atoms with Crippen molar-refractivity contribution < 1.29 is 4.42 Å². The maximum atomic E-state index is 7.02. The second-order valence-corrected chi connectivity index (χ2v) is 17.6. The lowest BCUT2D eigenvalue weighted by Gasteiger charge is -2.11. The van der Waals surface area contributed by atoms with Gasteiger partial charge < -0.3 is 13.6 Å². The zero-order valence-electron chi connectivity index (χ0n) is 37.2. The van der Waals surface area contributed by atoms with Crippen molar-refractivity contribution in [2.75, 3.05) is 0 Å². The van der Waals surface area contributed by atoms with E-state index in [1.807, 2.05) is 12.1 Å². The van der Waals surface area contributed by atoms with Crippen LogP contribution in [0.15, 0.2) is 241 Å². The van der Waals surface area contributed by atoms with Crippen molar-refractivity contribution in [3.05, 3.63) is 237 Å². The molecule has 322 valence electrons. The van der Waals surface area contributed by atoms with Crippen LogP contribution < -0.4 is 0 Å². The summed E-state index contributed by atoms with van der Waals surface area (Å²) in [6.07, 6.45) is 0.